The van der Waals surface area contributed by atoms with E-state index in [0.717, 1.165) is 15.7 Å². The Balaban J connectivity index is 1.91. The molecule has 0 heterocycles. The van der Waals surface area contributed by atoms with E-state index in [0.29, 0.717) is 10.1 Å². The number of thiocarbonyl (C=S) groups is 1. The molecule has 0 bridgehead atoms. The Hall–Kier alpha value is -1.43. The van der Waals surface area contributed by atoms with Crippen LogP contribution >= 0.6 is 39.7 Å². The Bertz CT molecular complexity index is 646. The van der Waals surface area contributed by atoms with E-state index in [-0.39, 0.29) is 0 Å². The number of anilines is 1. The molecule has 0 aliphatic rings. The van der Waals surface area contributed by atoms with Gasteiger partial charge >= 0.3 is 0 Å². The van der Waals surface area contributed by atoms with Crippen molar-refractivity contribution in [1.82, 2.24) is 5.43 Å². The van der Waals surface area contributed by atoms with E-state index in [9.17, 15) is 0 Å². The number of hydrogen-bond donors (Lipinski definition) is 2. The van der Waals surface area contributed by atoms with Crippen LogP contribution in [0.3, 0.4) is 0 Å². The molecular formula is C14H11BrClN3S. The fourth-order valence-corrected chi connectivity index (χ4v) is 2.21. The fraction of sp³-hybridized carbons (Fsp3) is 0. The molecule has 0 aromatic heterocycles. The lowest BCUT2D eigenvalue weighted by Gasteiger charge is -2.07. The zero-order valence-electron chi connectivity index (χ0n) is 10.3. The first-order valence-corrected chi connectivity index (χ1v) is 7.33. The summed E-state index contributed by atoms with van der Waals surface area (Å²) in [4.78, 5) is 0. The quantitative estimate of drug-likeness (QED) is 0.478. The highest BCUT2D eigenvalue weighted by molar-refractivity contribution is 9.10. The first-order chi connectivity index (χ1) is 9.65. The van der Waals surface area contributed by atoms with Crippen molar-refractivity contribution in [2.75, 3.05) is 5.32 Å². The second kappa shape index (κ2) is 7.38. The van der Waals surface area contributed by atoms with E-state index in [1.54, 1.807) is 18.3 Å². The molecule has 0 atom stereocenters. The third kappa shape index (κ3) is 4.59. The van der Waals surface area contributed by atoms with Crippen LogP contribution in [0.4, 0.5) is 5.69 Å². The second-order valence-corrected chi connectivity index (χ2v) is 5.56. The molecular weight excluding hydrogens is 358 g/mol. The Morgan fingerprint density at radius 3 is 2.75 bits per heavy atom. The molecule has 2 aromatic carbocycles. The van der Waals surface area contributed by atoms with Gasteiger partial charge in [-0.3, -0.25) is 5.43 Å². The fourth-order valence-electron chi connectivity index (χ4n) is 1.47. The third-order valence-corrected chi connectivity index (χ3v) is 3.51. The van der Waals surface area contributed by atoms with Gasteiger partial charge in [-0.1, -0.05) is 51.8 Å². The number of hydrazone groups is 1. The molecule has 0 saturated carbocycles. The molecule has 6 heteroatoms. The van der Waals surface area contributed by atoms with Gasteiger partial charge in [0.2, 0.25) is 0 Å². The molecule has 0 spiro atoms. The average Bonchev–Trinajstić information content (AvgIpc) is 2.41. The van der Waals surface area contributed by atoms with Crippen LogP contribution in [0.1, 0.15) is 5.56 Å². The largest absolute Gasteiger partial charge is 0.331 e. The summed E-state index contributed by atoms with van der Waals surface area (Å²) in [7, 11) is 0. The highest BCUT2D eigenvalue weighted by atomic mass is 79.9. The number of halogens is 2. The Morgan fingerprint density at radius 1 is 1.20 bits per heavy atom. The third-order valence-electron chi connectivity index (χ3n) is 2.36. The van der Waals surface area contributed by atoms with Crippen molar-refractivity contribution in [3.63, 3.8) is 0 Å². The molecule has 0 radical (unpaired) electrons. The van der Waals surface area contributed by atoms with Crippen molar-refractivity contribution in [1.29, 1.82) is 0 Å². The number of benzene rings is 2. The molecule has 102 valence electrons. The van der Waals surface area contributed by atoms with Crippen molar-refractivity contribution < 1.29 is 0 Å². The van der Waals surface area contributed by atoms with Gasteiger partial charge in [-0.15, -0.1) is 0 Å². The summed E-state index contributed by atoms with van der Waals surface area (Å²) in [6.07, 6.45) is 1.69. The minimum Gasteiger partial charge on any atom is -0.331 e. The summed E-state index contributed by atoms with van der Waals surface area (Å²) in [5.41, 5.74) is 4.53. The van der Waals surface area contributed by atoms with Gasteiger partial charge in [-0.25, -0.2) is 0 Å². The van der Waals surface area contributed by atoms with Crippen LogP contribution in [0, 0.1) is 0 Å². The van der Waals surface area contributed by atoms with Gasteiger partial charge in [0, 0.05) is 20.7 Å². The highest BCUT2D eigenvalue weighted by Crippen LogP contribution is 2.15. The lowest BCUT2D eigenvalue weighted by molar-refractivity contribution is 1.05. The number of rotatable bonds is 3. The van der Waals surface area contributed by atoms with Gasteiger partial charge in [0.15, 0.2) is 5.11 Å². The monoisotopic (exact) mass is 367 g/mol. The molecule has 2 aromatic rings. The average molecular weight is 369 g/mol. The number of hydrogen-bond acceptors (Lipinski definition) is 2. The molecule has 2 N–H and O–H groups in total. The predicted molar refractivity (Wildman–Crippen MR) is 92.5 cm³/mol. The summed E-state index contributed by atoms with van der Waals surface area (Å²) >= 11 is 14.5. The van der Waals surface area contributed by atoms with Crippen LogP contribution in [-0.4, -0.2) is 11.3 Å². The lowest BCUT2D eigenvalue weighted by Crippen LogP contribution is -2.23. The van der Waals surface area contributed by atoms with Crippen LogP contribution in [0.15, 0.2) is 58.1 Å². The lowest BCUT2D eigenvalue weighted by atomic mass is 10.2. The smallest absolute Gasteiger partial charge is 0.191 e. The van der Waals surface area contributed by atoms with Gasteiger partial charge in [0.25, 0.3) is 0 Å². The Kier molecular flexibility index (Phi) is 5.52. The number of nitrogens with one attached hydrogen (secondary N) is 2. The summed E-state index contributed by atoms with van der Waals surface area (Å²) in [6, 6.07) is 15.1. The first kappa shape index (κ1) is 15.0. The van der Waals surface area contributed by atoms with Crippen LogP contribution < -0.4 is 10.7 Å². The van der Waals surface area contributed by atoms with Gasteiger partial charge in [0.1, 0.15) is 0 Å². The Morgan fingerprint density at radius 2 is 2.00 bits per heavy atom. The Labute approximate surface area is 136 Å². The van der Waals surface area contributed by atoms with Crippen molar-refractivity contribution >= 4 is 56.8 Å². The van der Waals surface area contributed by atoms with Crippen LogP contribution in [0.25, 0.3) is 0 Å². The van der Waals surface area contributed by atoms with Crippen molar-refractivity contribution in [3.8, 4) is 0 Å². The molecule has 2 rings (SSSR count). The van der Waals surface area contributed by atoms with E-state index in [2.05, 4.69) is 31.8 Å². The summed E-state index contributed by atoms with van der Waals surface area (Å²) < 4.78 is 0.972. The second-order valence-electron chi connectivity index (χ2n) is 3.86. The topological polar surface area (TPSA) is 36.4 Å². The van der Waals surface area contributed by atoms with E-state index in [1.165, 1.54) is 0 Å². The van der Waals surface area contributed by atoms with Crippen molar-refractivity contribution in [3.05, 3.63) is 63.6 Å². The molecule has 0 aliphatic heterocycles. The maximum absolute atomic E-state index is 5.89. The zero-order valence-corrected chi connectivity index (χ0v) is 13.5. The summed E-state index contributed by atoms with van der Waals surface area (Å²) in [5, 5.41) is 8.12. The van der Waals surface area contributed by atoms with E-state index < -0.39 is 0 Å². The zero-order chi connectivity index (χ0) is 14.4. The van der Waals surface area contributed by atoms with E-state index >= 15 is 0 Å². The summed E-state index contributed by atoms with van der Waals surface area (Å²) in [5.74, 6) is 0. The standard InChI is InChI=1S/C14H11BrClN3S/c15-13-7-2-1-4-10(13)9-17-19-14(20)18-12-6-3-5-11(16)8-12/h1-9H,(H2,18,19,20)/b17-9+. The molecule has 3 nitrogen and oxygen atoms in total. The summed E-state index contributed by atoms with van der Waals surface area (Å²) in [6.45, 7) is 0. The molecule has 0 fully saturated rings. The van der Waals surface area contributed by atoms with Crippen molar-refractivity contribution in [2.45, 2.75) is 0 Å². The van der Waals surface area contributed by atoms with Crippen LogP contribution in [-0.2, 0) is 0 Å². The van der Waals surface area contributed by atoms with E-state index in [1.807, 2.05) is 36.4 Å². The minimum absolute atomic E-state index is 0.399. The molecule has 0 unspecified atom stereocenters. The molecule has 0 saturated heterocycles. The van der Waals surface area contributed by atoms with Gasteiger partial charge < -0.3 is 5.32 Å². The van der Waals surface area contributed by atoms with Gasteiger partial charge in [-0.05, 0) is 36.5 Å². The number of nitrogens with zero attached hydrogens (tertiary/aromatic N) is 1. The first-order valence-electron chi connectivity index (χ1n) is 5.75. The maximum atomic E-state index is 5.89. The molecule has 20 heavy (non-hydrogen) atoms. The highest BCUT2D eigenvalue weighted by Gasteiger charge is 1.97. The predicted octanol–water partition coefficient (Wildman–Crippen LogP) is 4.42. The maximum Gasteiger partial charge on any atom is 0.191 e. The van der Waals surface area contributed by atoms with Gasteiger partial charge in [-0.2, -0.15) is 5.10 Å². The molecule has 0 aliphatic carbocycles. The normalized spacial score (nSPS) is 10.5. The van der Waals surface area contributed by atoms with Crippen LogP contribution in [0.2, 0.25) is 5.02 Å². The van der Waals surface area contributed by atoms with Crippen LogP contribution in [0.5, 0.6) is 0 Å². The molecule has 0 amide bonds. The van der Waals surface area contributed by atoms with E-state index in [4.69, 9.17) is 23.8 Å². The minimum atomic E-state index is 0.399. The SMILES string of the molecule is S=C(N/N=C/c1ccccc1Br)Nc1cccc(Cl)c1. The van der Waals surface area contributed by atoms with Gasteiger partial charge in [0.05, 0.1) is 6.21 Å². The van der Waals surface area contributed by atoms with Crippen molar-refractivity contribution in [2.24, 2.45) is 5.10 Å².